The third kappa shape index (κ3) is 4.62. The van der Waals surface area contributed by atoms with Crippen LogP contribution in [0.15, 0.2) is 30.7 Å². The van der Waals surface area contributed by atoms with Gasteiger partial charge in [0, 0.05) is 17.7 Å². The Hall–Kier alpha value is -2.74. The van der Waals surface area contributed by atoms with Crippen molar-refractivity contribution in [3.05, 3.63) is 42.0 Å². The van der Waals surface area contributed by atoms with Crippen molar-refractivity contribution in [2.45, 2.75) is 26.7 Å². The Morgan fingerprint density at radius 2 is 2.22 bits per heavy atom. The number of hydrogen-bond acceptors (Lipinski definition) is 4. The second kappa shape index (κ2) is 8.04. The molecule has 1 aromatic carbocycles. The van der Waals surface area contributed by atoms with Gasteiger partial charge in [-0.15, -0.1) is 0 Å². The molecule has 0 bridgehead atoms. The minimum Gasteiger partial charge on any atom is -0.495 e. The van der Waals surface area contributed by atoms with Crippen LogP contribution in [-0.4, -0.2) is 29.2 Å². The molecule has 0 unspecified atom stereocenters. The van der Waals surface area contributed by atoms with E-state index in [1.165, 1.54) is 0 Å². The van der Waals surface area contributed by atoms with Gasteiger partial charge in [-0.3, -0.25) is 0 Å². The minimum absolute atomic E-state index is 0.409. The zero-order valence-electron chi connectivity index (χ0n) is 13.6. The lowest BCUT2D eigenvalue weighted by molar-refractivity contribution is -0.136. The third-order valence-electron chi connectivity index (χ3n) is 3.21. The highest BCUT2D eigenvalue weighted by Crippen LogP contribution is 2.24. The lowest BCUT2D eigenvalue weighted by Crippen LogP contribution is -2.02. The topological polar surface area (TPSA) is 53.4 Å². The van der Waals surface area contributed by atoms with Crippen LogP contribution < -0.4 is 4.74 Å². The van der Waals surface area contributed by atoms with Crippen molar-refractivity contribution in [3.8, 4) is 23.3 Å². The highest BCUT2D eigenvalue weighted by Gasteiger charge is 2.06. The van der Waals surface area contributed by atoms with Crippen molar-refractivity contribution in [1.29, 1.82) is 0 Å². The standard InChI is InChI=1S/C18H20N2O3/c1-4-5-10-23-18(21)9-7-15-6-8-16(17(11-15)22-3)20-12-14(2)19-13-20/h6,8,11-13H,4-5,10H2,1-3H3. The average Bonchev–Trinajstić information content (AvgIpc) is 2.99. The van der Waals surface area contributed by atoms with E-state index >= 15 is 0 Å². The van der Waals surface area contributed by atoms with E-state index in [2.05, 4.69) is 16.8 Å². The maximum Gasteiger partial charge on any atom is 0.384 e. The lowest BCUT2D eigenvalue weighted by Gasteiger charge is -2.09. The van der Waals surface area contributed by atoms with Crippen LogP contribution in [0.3, 0.4) is 0 Å². The summed E-state index contributed by atoms with van der Waals surface area (Å²) in [6.45, 7) is 4.37. The van der Waals surface area contributed by atoms with E-state index in [9.17, 15) is 4.79 Å². The van der Waals surface area contributed by atoms with E-state index in [0.29, 0.717) is 17.9 Å². The third-order valence-corrected chi connectivity index (χ3v) is 3.21. The van der Waals surface area contributed by atoms with Gasteiger partial charge < -0.3 is 14.0 Å². The molecule has 23 heavy (non-hydrogen) atoms. The maximum atomic E-state index is 11.5. The van der Waals surface area contributed by atoms with Gasteiger partial charge in [0.25, 0.3) is 0 Å². The van der Waals surface area contributed by atoms with Gasteiger partial charge in [-0.2, -0.15) is 0 Å². The number of methoxy groups -OCH3 is 1. The monoisotopic (exact) mass is 312 g/mol. The molecule has 0 aliphatic carbocycles. The molecule has 120 valence electrons. The SMILES string of the molecule is CCCCOC(=O)C#Cc1ccc(-n2cnc(C)c2)c(OC)c1. The van der Waals surface area contributed by atoms with E-state index in [1.54, 1.807) is 19.5 Å². The fourth-order valence-electron chi connectivity index (χ4n) is 1.99. The van der Waals surface area contributed by atoms with E-state index in [1.807, 2.05) is 36.7 Å². The van der Waals surface area contributed by atoms with Gasteiger partial charge in [0.05, 0.1) is 31.4 Å². The van der Waals surface area contributed by atoms with Crippen molar-refractivity contribution in [3.63, 3.8) is 0 Å². The minimum atomic E-state index is -0.508. The Labute approximate surface area is 136 Å². The molecule has 0 aliphatic rings. The molecule has 0 aliphatic heterocycles. The summed E-state index contributed by atoms with van der Waals surface area (Å²) in [6.07, 6.45) is 5.46. The molecule has 0 saturated heterocycles. The summed E-state index contributed by atoms with van der Waals surface area (Å²) >= 11 is 0. The Morgan fingerprint density at radius 1 is 1.39 bits per heavy atom. The number of imidazole rings is 1. The van der Waals surface area contributed by atoms with Crippen molar-refractivity contribution in [2.75, 3.05) is 13.7 Å². The Bertz CT molecular complexity index is 738. The molecule has 2 aromatic rings. The van der Waals surface area contributed by atoms with Gasteiger partial charge in [0.15, 0.2) is 0 Å². The number of rotatable bonds is 5. The van der Waals surface area contributed by atoms with Crippen LogP contribution in [0.25, 0.3) is 5.69 Å². The molecular weight excluding hydrogens is 292 g/mol. The number of benzene rings is 1. The van der Waals surface area contributed by atoms with Crippen LogP contribution in [-0.2, 0) is 9.53 Å². The van der Waals surface area contributed by atoms with Crippen LogP contribution in [0.1, 0.15) is 31.0 Å². The number of esters is 1. The van der Waals surface area contributed by atoms with Crippen LogP contribution in [0.4, 0.5) is 0 Å². The maximum absolute atomic E-state index is 11.5. The van der Waals surface area contributed by atoms with Crippen LogP contribution in [0, 0.1) is 18.8 Å². The fraction of sp³-hybridized carbons (Fsp3) is 0.333. The summed E-state index contributed by atoms with van der Waals surface area (Å²) in [5, 5.41) is 0. The van der Waals surface area contributed by atoms with Crippen molar-refractivity contribution in [1.82, 2.24) is 9.55 Å². The van der Waals surface area contributed by atoms with Crippen molar-refractivity contribution < 1.29 is 14.3 Å². The molecule has 0 saturated carbocycles. The van der Waals surface area contributed by atoms with Crippen LogP contribution >= 0.6 is 0 Å². The lowest BCUT2D eigenvalue weighted by atomic mass is 10.2. The van der Waals surface area contributed by atoms with E-state index in [0.717, 1.165) is 24.2 Å². The van der Waals surface area contributed by atoms with Gasteiger partial charge in [-0.1, -0.05) is 19.3 Å². The average molecular weight is 312 g/mol. The highest BCUT2D eigenvalue weighted by molar-refractivity contribution is 5.89. The number of aryl methyl sites for hydroxylation is 1. The van der Waals surface area contributed by atoms with Gasteiger partial charge in [0.2, 0.25) is 0 Å². The van der Waals surface area contributed by atoms with Crippen molar-refractivity contribution >= 4 is 5.97 Å². The van der Waals surface area contributed by atoms with Gasteiger partial charge in [-0.25, -0.2) is 9.78 Å². The number of nitrogens with zero attached hydrogens (tertiary/aromatic N) is 2. The molecule has 0 radical (unpaired) electrons. The van der Waals surface area contributed by atoms with Crippen LogP contribution in [0.5, 0.6) is 5.75 Å². The quantitative estimate of drug-likeness (QED) is 0.484. The number of aromatic nitrogens is 2. The second-order valence-corrected chi connectivity index (χ2v) is 5.05. The van der Waals surface area contributed by atoms with Gasteiger partial charge >= 0.3 is 5.97 Å². The molecule has 5 nitrogen and oxygen atoms in total. The predicted molar refractivity (Wildman–Crippen MR) is 87.6 cm³/mol. The molecule has 5 heteroatoms. The summed E-state index contributed by atoms with van der Waals surface area (Å²) in [6, 6.07) is 5.50. The first-order valence-electron chi connectivity index (χ1n) is 7.51. The number of unbranched alkanes of at least 4 members (excludes halogenated alkanes) is 1. The summed E-state index contributed by atoms with van der Waals surface area (Å²) < 4.78 is 12.3. The Kier molecular flexibility index (Phi) is 5.81. The largest absolute Gasteiger partial charge is 0.495 e. The molecule has 1 heterocycles. The first-order chi connectivity index (χ1) is 11.1. The number of carbonyl (C=O) groups is 1. The molecule has 0 N–H and O–H groups in total. The first kappa shape index (κ1) is 16.6. The summed E-state index contributed by atoms with van der Waals surface area (Å²) in [7, 11) is 1.60. The number of hydrogen-bond donors (Lipinski definition) is 0. The van der Waals surface area contributed by atoms with E-state index in [4.69, 9.17) is 9.47 Å². The summed E-state index contributed by atoms with van der Waals surface area (Å²) in [5.74, 6) is 5.44. The van der Waals surface area contributed by atoms with Crippen LogP contribution in [0.2, 0.25) is 0 Å². The van der Waals surface area contributed by atoms with E-state index < -0.39 is 5.97 Å². The smallest absolute Gasteiger partial charge is 0.384 e. The number of ether oxygens (including phenoxy) is 2. The Balaban J connectivity index is 2.15. The normalized spacial score (nSPS) is 9.87. The van der Waals surface area contributed by atoms with Gasteiger partial charge in [-0.05, 0) is 31.5 Å². The Morgan fingerprint density at radius 3 is 2.87 bits per heavy atom. The molecule has 2 rings (SSSR count). The molecule has 0 spiro atoms. The summed E-state index contributed by atoms with van der Waals surface area (Å²) in [5.41, 5.74) is 2.48. The number of carbonyl (C=O) groups excluding carboxylic acids is 1. The zero-order valence-corrected chi connectivity index (χ0v) is 13.6. The second-order valence-electron chi connectivity index (χ2n) is 5.05. The predicted octanol–water partition coefficient (Wildman–Crippen LogP) is 2.88. The highest BCUT2D eigenvalue weighted by atomic mass is 16.5. The first-order valence-corrected chi connectivity index (χ1v) is 7.51. The fourth-order valence-corrected chi connectivity index (χ4v) is 1.99. The molecule has 0 fully saturated rings. The van der Waals surface area contributed by atoms with Crippen molar-refractivity contribution in [2.24, 2.45) is 0 Å². The molecule has 0 amide bonds. The molecule has 1 aromatic heterocycles. The molecular formula is C18H20N2O3. The molecule has 0 atom stereocenters. The van der Waals surface area contributed by atoms with E-state index in [-0.39, 0.29) is 0 Å². The summed E-state index contributed by atoms with van der Waals surface area (Å²) in [4.78, 5) is 15.7. The van der Waals surface area contributed by atoms with Gasteiger partial charge in [0.1, 0.15) is 5.75 Å². The zero-order chi connectivity index (χ0) is 16.7.